The highest BCUT2D eigenvalue weighted by Crippen LogP contribution is 2.23. The number of aliphatic hydroxyl groups is 1. The Morgan fingerprint density at radius 2 is 1.71 bits per heavy atom. The Kier molecular flexibility index (Phi) is 5.81. The van der Waals surface area contributed by atoms with E-state index >= 15 is 0 Å². The maximum Gasteiger partial charge on any atom is 0.123 e. The summed E-state index contributed by atoms with van der Waals surface area (Å²) in [7, 11) is 0. The lowest BCUT2D eigenvalue weighted by Crippen LogP contribution is -2.10. The minimum Gasteiger partial charge on any atom is -0.396 e. The zero-order valence-corrected chi connectivity index (χ0v) is 9.50. The predicted molar refractivity (Wildman–Crippen MR) is 61.4 cm³/mol. The third kappa shape index (κ3) is 3.31. The van der Waals surface area contributed by atoms with Gasteiger partial charge < -0.3 is 5.11 Å². The molecule has 1 aromatic rings. The van der Waals surface area contributed by atoms with E-state index in [0.717, 1.165) is 5.56 Å². The smallest absolute Gasteiger partial charge is 0.123 e. The normalized spacial score (nSPS) is 12.4. The Labute approximate surface area is 91.4 Å². The van der Waals surface area contributed by atoms with Crippen LogP contribution in [0.1, 0.15) is 25.3 Å². The van der Waals surface area contributed by atoms with Gasteiger partial charge in [0.15, 0.2) is 0 Å². The number of hydrogen-bond donors (Lipinski definition) is 1. The second-order valence-electron chi connectivity index (χ2n) is 3.58. The van der Waals surface area contributed by atoms with Crippen molar-refractivity contribution in [1.29, 1.82) is 0 Å². The van der Waals surface area contributed by atoms with Gasteiger partial charge in [0.25, 0.3) is 0 Å². The van der Waals surface area contributed by atoms with Crippen LogP contribution in [0.25, 0.3) is 0 Å². The fourth-order valence-corrected chi connectivity index (χ4v) is 1.41. The molecule has 0 unspecified atom stereocenters. The van der Waals surface area contributed by atoms with E-state index in [9.17, 15) is 4.39 Å². The Morgan fingerprint density at radius 3 is 2.07 bits per heavy atom. The van der Waals surface area contributed by atoms with E-state index in [-0.39, 0.29) is 31.8 Å². The molecule has 14 heavy (non-hydrogen) atoms. The maximum absolute atomic E-state index is 12.6. The third-order valence-corrected chi connectivity index (χ3v) is 2.30. The van der Waals surface area contributed by atoms with Gasteiger partial charge in [0, 0.05) is 5.92 Å². The molecular weight excluding hydrogens is 199 g/mol. The Balaban J connectivity index is 0.00000169. The summed E-state index contributed by atoms with van der Waals surface area (Å²) in [6.07, 6.45) is 0. The highest BCUT2D eigenvalue weighted by atomic mass is 32.1. The average molecular weight is 216 g/mol. The van der Waals surface area contributed by atoms with Crippen LogP contribution in [-0.4, -0.2) is 11.7 Å². The van der Waals surface area contributed by atoms with Crippen LogP contribution in [-0.2, 0) is 0 Å². The van der Waals surface area contributed by atoms with Gasteiger partial charge >= 0.3 is 0 Å². The van der Waals surface area contributed by atoms with Gasteiger partial charge in [-0.25, -0.2) is 4.39 Å². The van der Waals surface area contributed by atoms with Crippen molar-refractivity contribution >= 4 is 13.5 Å². The first kappa shape index (κ1) is 13.5. The fraction of sp³-hybridized carbons (Fsp3) is 0.455. The average Bonchev–Trinajstić information content (AvgIpc) is 2.09. The molecule has 0 aliphatic heterocycles. The topological polar surface area (TPSA) is 20.2 Å². The van der Waals surface area contributed by atoms with Crippen LogP contribution >= 0.6 is 13.5 Å². The first-order chi connectivity index (χ1) is 6.15. The highest BCUT2D eigenvalue weighted by Gasteiger charge is 2.13. The molecular formula is C11H17FOS. The van der Waals surface area contributed by atoms with Crippen molar-refractivity contribution < 1.29 is 9.50 Å². The summed E-state index contributed by atoms with van der Waals surface area (Å²) in [5.41, 5.74) is 0.999. The van der Waals surface area contributed by atoms with Crippen LogP contribution in [0.2, 0.25) is 0 Å². The van der Waals surface area contributed by atoms with Crippen molar-refractivity contribution in [3.63, 3.8) is 0 Å². The highest BCUT2D eigenvalue weighted by molar-refractivity contribution is 7.59. The molecule has 0 aromatic heterocycles. The first-order valence-electron chi connectivity index (χ1n) is 4.51. The lowest BCUT2D eigenvalue weighted by Gasteiger charge is -2.18. The van der Waals surface area contributed by atoms with Crippen molar-refractivity contribution in [2.24, 2.45) is 5.92 Å². The molecule has 0 fully saturated rings. The first-order valence-corrected chi connectivity index (χ1v) is 4.51. The Bertz CT molecular complexity index is 258. The number of benzene rings is 1. The molecule has 0 radical (unpaired) electrons. The van der Waals surface area contributed by atoms with Crippen molar-refractivity contribution in [2.45, 2.75) is 19.8 Å². The number of hydrogen-bond acceptors (Lipinski definition) is 1. The second-order valence-corrected chi connectivity index (χ2v) is 3.58. The molecule has 0 aliphatic carbocycles. The molecule has 3 heteroatoms. The third-order valence-electron chi connectivity index (χ3n) is 2.30. The summed E-state index contributed by atoms with van der Waals surface area (Å²) in [5, 5.41) is 9.13. The van der Waals surface area contributed by atoms with E-state index in [4.69, 9.17) is 5.11 Å². The second kappa shape index (κ2) is 6.04. The lowest BCUT2D eigenvalue weighted by molar-refractivity contribution is 0.237. The monoisotopic (exact) mass is 216 g/mol. The molecule has 0 saturated heterocycles. The molecule has 0 saturated carbocycles. The van der Waals surface area contributed by atoms with Crippen LogP contribution in [0.3, 0.4) is 0 Å². The van der Waals surface area contributed by atoms with Crippen LogP contribution < -0.4 is 0 Å². The zero-order chi connectivity index (χ0) is 9.84. The van der Waals surface area contributed by atoms with E-state index in [2.05, 4.69) is 0 Å². The largest absolute Gasteiger partial charge is 0.396 e. The summed E-state index contributed by atoms with van der Waals surface area (Å²) in [6, 6.07) is 6.33. The van der Waals surface area contributed by atoms with Crippen LogP contribution in [0.15, 0.2) is 24.3 Å². The number of halogens is 1. The molecule has 1 N–H and O–H groups in total. The molecule has 0 bridgehead atoms. The molecule has 0 spiro atoms. The zero-order valence-electron chi connectivity index (χ0n) is 8.50. The standard InChI is InChI=1S/C11H15FO.H2S/c1-8(2)11(7-13)9-3-5-10(12)6-4-9;/h3-6,8,11,13H,7H2,1-2H3;1H2/t11-;/m1./s1. The summed E-state index contributed by atoms with van der Waals surface area (Å²) in [4.78, 5) is 0. The van der Waals surface area contributed by atoms with Gasteiger partial charge in [0.1, 0.15) is 5.82 Å². The fourth-order valence-electron chi connectivity index (χ4n) is 1.41. The van der Waals surface area contributed by atoms with E-state index < -0.39 is 0 Å². The van der Waals surface area contributed by atoms with E-state index in [1.807, 2.05) is 13.8 Å². The summed E-state index contributed by atoms with van der Waals surface area (Å²) >= 11 is 0. The molecule has 1 atom stereocenters. The van der Waals surface area contributed by atoms with Crippen LogP contribution in [0.4, 0.5) is 4.39 Å². The van der Waals surface area contributed by atoms with Gasteiger partial charge in [-0.05, 0) is 23.6 Å². The molecule has 0 aliphatic rings. The summed E-state index contributed by atoms with van der Waals surface area (Å²) in [5.74, 6) is 0.250. The van der Waals surface area contributed by atoms with Gasteiger partial charge in [-0.2, -0.15) is 13.5 Å². The van der Waals surface area contributed by atoms with Crippen molar-refractivity contribution in [2.75, 3.05) is 6.61 Å². The minimum atomic E-state index is -0.232. The number of rotatable bonds is 3. The van der Waals surface area contributed by atoms with Crippen molar-refractivity contribution in [1.82, 2.24) is 0 Å². The van der Waals surface area contributed by atoms with Gasteiger partial charge in [-0.1, -0.05) is 26.0 Å². The van der Waals surface area contributed by atoms with Crippen molar-refractivity contribution in [3.05, 3.63) is 35.6 Å². The molecule has 0 heterocycles. The van der Waals surface area contributed by atoms with Gasteiger partial charge in [-0.3, -0.25) is 0 Å². The summed E-state index contributed by atoms with van der Waals surface area (Å²) < 4.78 is 12.6. The maximum atomic E-state index is 12.6. The Hall–Kier alpha value is -0.540. The Morgan fingerprint density at radius 1 is 1.21 bits per heavy atom. The van der Waals surface area contributed by atoms with E-state index in [1.54, 1.807) is 12.1 Å². The molecule has 1 aromatic carbocycles. The number of aliphatic hydroxyl groups excluding tert-OH is 1. The SMILES string of the molecule is CC(C)[C@@H](CO)c1ccc(F)cc1.S. The quantitative estimate of drug-likeness (QED) is 0.823. The van der Waals surface area contributed by atoms with Gasteiger partial charge in [-0.15, -0.1) is 0 Å². The van der Waals surface area contributed by atoms with E-state index in [0.29, 0.717) is 5.92 Å². The van der Waals surface area contributed by atoms with Gasteiger partial charge in [0.2, 0.25) is 0 Å². The minimum absolute atomic E-state index is 0. The predicted octanol–water partition coefficient (Wildman–Crippen LogP) is 2.67. The summed E-state index contributed by atoms with van der Waals surface area (Å²) in [6.45, 7) is 4.21. The van der Waals surface area contributed by atoms with E-state index in [1.165, 1.54) is 12.1 Å². The molecule has 0 amide bonds. The molecule has 1 nitrogen and oxygen atoms in total. The van der Waals surface area contributed by atoms with Crippen LogP contribution in [0, 0.1) is 11.7 Å². The lowest BCUT2D eigenvalue weighted by atomic mass is 9.89. The van der Waals surface area contributed by atoms with Crippen molar-refractivity contribution in [3.8, 4) is 0 Å². The molecule has 80 valence electrons. The molecule has 1 rings (SSSR count). The van der Waals surface area contributed by atoms with Crippen LogP contribution in [0.5, 0.6) is 0 Å². The van der Waals surface area contributed by atoms with Gasteiger partial charge in [0.05, 0.1) is 6.61 Å².